The van der Waals surface area contributed by atoms with Gasteiger partial charge in [-0.1, -0.05) is 82.3 Å². The molecule has 0 aliphatic rings. The Morgan fingerprint density at radius 2 is 1.00 bits per heavy atom. The monoisotopic (exact) mass is 418 g/mol. The summed E-state index contributed by atoms with van der Waals surface area (Å²) in [5.74, 6) is 0. The molecule has 0 radical (unpaired) electrons. The normalized spacial score (nSPS) is 11.9. The molecular formula is C12H20I2. The van der Waals surface area contributed by atoms with Crippen molar-refractivity contribution in [2.45, 2.75) is 38.5 Å². The lowest BCUT2D eigenvalue weighted by Gasteiger charge is -1.96. The third kappa shape index (κ3) is 12.9. The second-order valence-electron chi connectivity index (χ2n) is 3.24. The van der Waals surface area contributed by atoms with Gasteiger partial charge >= 0.3 is 0 Å². The zero-order chi connectivity index (χ0) is 10.5. The van der Waals surface area contributed by atoms with Gasteiger partial charge in [0.15, 0.2) is 0 Å². The molecule has 0 rings (SSSR count). The van der Waals surface area contributed by atoms with Crippen molar-refractivity contribution >= 4 is 45.2 Å². The summed E-state index contributed by atoms with van der Waals surface area (Å²) in [7, 11) is 0. The third-order valence-corrected chi connectivity index (χ3v) is 3.02. The zero-order valence-corrected chi connectivity index (χ0v) is 13.0. The predicted octanol–water partition coefficient (Wildman–Crippen LogP) is 5.31. The first-order valence-electron chi connectivity index (χ1n) is 5.33. The van der Waals surface area contributed by atoms with E-state index < -0.39 is 0 Å². The maximum absolute atomic E-state index is 2.38. The van der Waals surface area contributed by atoms with Crippen molar-refractivity contribution in [2.24, 2.45) is 0 Å². The molecule has 82 valence electrons. The van der Waals surface area contributed by atoms with Crippen molar-refractivity contribution in [3.63, 3.8) is 0 Å². The number of halogens is 2. The van der Waals surface area contributed by atoms with Gasteiger partial charge in [0.05, 0.1) is 0 Å². The van der Waals surface area contributed by atoms with E-state index >= 15 is 0 Å². The van der Waals surface area contributed by atoms with Gasteiger partial charge in [0.1, 0.15) is 0 Å². The van der Waals surface area contributed by atoms with Crippen LogP contribution in [0.25, 0.3) is 0 Å². The Kier molecular flexibility index (Phi) is 14.9. The Hall–Kier alpha value is 0.940. The molecule has 0 N–H and O–H groups in total. The minimum atomic E-state index is 1.15. The molecule has 0 saturated heterocycles. The van der Waals surface area contributed by atoms with Gasteiger partial charge in [-0.05, 0) is 25.7 Å². The minimum absolute atomic E-state index is 1.15. The van der Waals surface area contributed by atoms with E-state index in [2.05, 4.69) is 69.5 Å². The summed E-state index contributed by atoms with van der Waals surface area (Å²) in [5.41, 5.74) is 0. The van der Waals surface area contributed by atoms with Crippen molar-refractivity contribution in [2.75, 3.05) is 8.86 Å². The highest BCUT2D eigenvalue weighted by atomic mass is 127. The Morgan fingerprint density at radius 1 is 0.571 bits per heavy atom. The molecule has 0 nitrogen and oxygen atoms in total. The van der Waals surface area contributed by atoms with Crippen LogP contribution >= 0.6 is 45.2 Å². The summed E-state index contributed by atoms with van der Waals surface area (Å²) in [6, 6.07) is 0. The minimum Gasteiger partial charge on any atom is -0.0878 e. The first-order chi connectivity index (χ1) is 6.91. The van der Waals surface area contributed by atoms with Crippen LogP contribution in [0, 0.1) is 0 Å². The second-order valence-corrected chi connectivity index (χ2v) is 5.00. The Morgan fingerprint density at radius 3 is 1.36 bits per heavy atom. The van der Waals surface area contributed by atoms with Crippen molar-refractivity contribution in [1.82, 2.24) is 0 Å². The Bertz CT molecular complexity index is 132. The van der Waals surface area contributed by atoms with Gasteiger partial charge in [0, 0.05) is 8.86 Å². The van der Waals surface area contributed by atoms with Crippen LogP contribution in [0.1, 0.15) is 38.5 Å². The van der Waals surface area contributed by atoms with Crippen LogP contribution in [0.15, 0.2) is 24.3 Å². The molecule has 0 aliphatic heterocycles. The first-order valence-corrected chi connectivity index (χ1v) is 8.39. The van der Waals surface area contributed by atoms with Crippen LogP contribution in [0.5, 0.6) is 0 Å². The number of allylic oxidation sites excluding steroid dienone is 4. The SMILES string of the molecule is ICC=CCCCCCCC=CCI. The molecule has 0 unspecified atom stereocenters. The lowest BCUT2D eigenvalue weighted by Crippen LogP contribution is -1.77. The van der Waals surface area contributed by atoms with Crippen LogP contribution in [-0.4, -0.2) is 8.86 Å². The van der Waals surface area contributed by atoms with E-state index in [9.17, 15) is 0 Å². The first kappa shape index (κ1) is 14.9. The summed E-state index contributed by atoms with van der Waals surface area (Å²) < 4.78 is 2.30. The molecule has 0 fully saturated rings. The molecule has 0 saturated carbocycles. The van der Waals surface area contributed by atoms with E-state index in [-0.39, 0.29) is 0 Å². The second kappa shape index (κ2) is 13.9. The molecule has 0 amide bonds. The highest BCUT2D eigenvalue weighted by molar-refractivity contribution is 14.1. The van der Waals surface area contributed by atoms with Crippen LogP contribution in [0.4, 0.5) is 0 Å². The number of unbranched alkanes of at least 4 members (excludes halogenated alkanes) is 5. The van der Waals surface area contributed by atoms with Crippen LogP contribution in [0.3, 0.4) is 0 Å². The van der Waals surface area contributed by atoms with E-state index in [0.29, 0.717) is 0 Å². The summed E-state index contributed by atoms with van der Waals surface area (Å²) in [4.78, 5) is 0. The van der Waals surface area contributed by atoms with Gasteiger partial charge in [0.2, 0.25) is 0 Å². The van der Waals surface area contributed by atoms with Crippen molar-refractivity contribution in [3.05, 3.63) is 24.3 Å². The van der Waals surface area contributed by atoms with Crippen molar-refractivity contribution in [3.8, 4) is 0 Å². The maximum atomic E-state index is 2.38. The topological polar surface area (TPSA) is 0 Å². The lowest BCUT2D eigenvalue weighted by atomic mass is 10.1. The fourth-order valence-corrected chi connectivity index (χ4v) is 1.96. The van der Waals surface area contributed by atoms with E-state index in [1.54, 1.807) is 0 Å². The van der Waals surface area contributed by atoms with Gasteiger partial charge in [-0.3, -0.25) is 0 Å². The van der Waals surface area contributed by atoms with Gasteiger partial charge < -0.3 is 0 Å². The average Bonchev–Trinajstić information content (AvgIpc) is 2.21. The fraction of sp³-hybridized carbons (Fsp3) is 0.667. The van der Waals surface area contributed by atoms with Gasteiger partial charge in [-0.2, -0.15) is 0 Å². The molecule has 0 aromatic rings. The quantitative estimate of drug-likeness (QED) is 0.206. The van der Waals surface area contributed by atoms with Gasteiger partial charge in [-0.15, -0.1) is 0 Å². The van der Waals surface area contributed by atoms with Crippen LogP contribution < -0.4 is 0 Å². The summed E-state index contributed by atoms with van der Waals surface area (Å²) in [6.45, 7) is 0. The molecule has 0 heterocycles. The van der Waals surface area contributed by atoms with E-state index in [1.807, 2.05) is 0 Å². The standard InChI is InChI=1S/C12H20I2/c13-11-9-7-5-3-1-2-4-6-8-10-12-14/h7-10H,1-6,11-12H2. The maximum Gasteiger partial charge on any atom is 0.0175 e. The molecule has 2 heteroatoms. The van der Waals surface area contributed by atoms with E-state index in [4.69, 9.17) is 0 Å². The van der Waals surface area contributed by atoms with E-state index in [0.717, 1.165) is 8.86 Å². The molecular weight excluding hydrogens is 398 g/mol. The van der Waals surface area contributed by atoms with Crippen LogP contribution in [0.2, 0.25) is 0 Å². The summed E-state index contributed by atoms with van der Waals surface area (Å²) in [5, 5.41) is 0. The summed E-state index contributed by atoms with van der Waals surface area (Å²) >= 11 is 4.76. The molecule has 0 aromatic heterocycles. The Labute approximate surface area is 116 Å². The average molecular weight is 418 g/mol. The third-order valence-electron chi connectivity index (χ3n) is 2.00. The molecule has 0 spiro atoms. The largest absolute Gasteiger partial charge is 0.0878 e. The van der Waals surface area contributed by atoms with Gasteiger partial charge in [-0.25, -0.2) is 0 Å². The fourth-order valence-electron chi connectivity index (χ4n) is 1.24. The lowest BCUT2D eigenvalue weighted by molar-refractivity contribution is 0.652. The smallest absolute Gasteiger partial charge is 0.0175 e. The highest BCUT2D eigenvalue weighted by Crippen LogP contribution is 2.06. The van der Waals surface area contributed by atoms with Gasteiger partial charge in [0.25, 0.3) is 0 Å². The van der Waals surface area contributed by atoms with Crippen molar-refractivity contribution < 1.29 is 0 Å². The molecule has 0 atom stereocenters. The number of hydrogen-bond acceptors (Lipinski definition) is 0. The number of alkyl halides is 2. The molecule has 0 bridgehead atoms. The molecule has 14 heavy (non-hydrogen) atoms. The molecule has 0 aromatic carbocycles. The summed E-state index contributed by atoms with van der Waals surface area (Å²) in [6.07, 6.45) is 17.2. The molecule has 0 aliphatic carbocycles. The zero-order valence-electron chi connectivity index (χ0n) is 8.72. The number of hydrogen-bond donors (Lipinski definition) is 0. The van der Waals surface area contributed by atoms with Crippen molar-refractivity contribution in [1.29, 1.82) is 0 Å². The van der Waals surface area contributed by atoms with E-state index in [1.165, 1.54) is 38.5 Å². The highest BCUT2D eigenvalue weighted by Gasteiger charge is 1.87. The Balaban J connectivity index is 2.99. The predicted molar refractivity (Wildman–Crippen MR) is 83.8 cm³/mol. The van der Waals surface area contributed by atoms with Crippen LogP contribution in [-0.2, 0) is 0 Å². The number of rotatable bonds is 9.